The highest BCUT2D eigenvalue weighted by atomic mass is 16.6. The normalized spacial score (nSPS) is 11.0. The molecule has 0 unspecified atom stereocenters. The average Bonchev–Trinajstić information content (AvgIpc) is 2.43. The van der Waals surface area contributed by atoms with Crippen molar-refractivity contribution in [2.45, 2.75) is 26.7 Å². The maximum Gasteiger partial charge on any atom is 0.309 e. The Morgan fingerprint density at radius 1 is 1.38 bits per heavy atom. The standard InChI is InChI=1S/C14H19NO6/c1-14(2,13(16)17)7-4-8-21-12-9-10(15(18)19)5-6-11(12)20-3/h5-6,9H,4,7-8H2,1-3H3,(H,16,17). The summed E-state index contributed by atoms with van der Waals surface area (Å²) < 4.78 is 10.5. The van der Waals surface area contributed by atoms with E-state index < -0.39 is 16.3 Å². The van der Waals surface area contributed by atoms with Gasteiger partial charge < -0.3 is 14.6 Å². The second-order valence-electron chi connectivity index (χ2n) is 5.23. The number of nitrogens with zero attached hydrogens (tertiary/aromatic N) is 1. The van der Waals surface area contributed by atoms with E-state index in [-0.39, 0.29) is 18.0 Å². The predicted octanol–water partition coefficient (Wildman–Crippen LogP) is 2.87. The summed E-state index contributed by atoms with van der Waals surface area (Å²) in [4.78, 5) is 21.2. The zero-order chi connectivity index (χ0) is 16.0. The van der Waals surface area contributed by atoms with Crippen LogP contribution in [0.1, 0.15) is 26.7 Å². The van der Waals surface area contributed by atoms with E-state index in [0.717, 1.165) is 0 Å². The van der Waals surface area contributed by atoms with Crippen molar-refractivity contribution in [3.63, 3.8) is 0 Å². The number of rotatable bonds is 8. The molecule has 116 valence electrons. The number of benzene rings is 1. The molecule has 0 aromatic heterocycles. The molecule has 1 rings (SSSR count). The molecule has 7 nitrogen and oxygen atoms in total. The minimum Gasteiger partial charge on any atom is -0.493 e. The van der Waals surface area contributed by atoms with Crippen LogP contribution in [-0.4, -0.2) is 29.7 Å². The molecule has 0 aliphatic heterocycles. The SMILES string of the molecule is COc1ccc([N+](=O)[O-])cc1OCCCC(C)(C)C(=O)O. The third kappa shape index (κ3) is 4.62. The molecule has 0 aliphatic carbocycles. The Morgan fingerprint density at radius 3 is 2.57 bits per heavy atom. The van der Waals surface area contributed by atoms with Gasteiger partial charge in [-0.2, -0.15) is 0 Å². The van der Waals surface area contributed by atoms with Gasteiger partial charge in [0.2, 0.25) is 0 Å². The Balaban J connectivity index is 2.64. The zero-order valence-electron chi connectivity index (χ0n) is 12.3. The van der Waals surface area contributed by atoms with E-state index in [4.69, 9.17) is 14.6 Å². The van der Waals surface area contributed by atoms with Crippen molar-refractivity contribution in [2.24, 2.45) is 5.41 Å². The molecule has 21 heavy (non-hydrogen) atoms. The Morgan fingerprint density at radius 2 is 2.05 bits per heavy atom. The Kier molecular flexibility index (Phi) is 5.52. The monoisotopic (exact) mass is 297 g/mol. The van der Waals surface area contributed by atoms with E-state index in [2.05, 4.69) is 0 Å². The molecule has 0 amide bonds. The van der Waals surface area contributed by atoms with Crippen molar-refractivity contribution in [3.8, 4) is 11.5 Å². The molecule has 0 bridgehead atoms. The zero-order valence-corrected chi connectivity index (χ0v) is 12.3. The van der Waals surface area contributed by atoms with Crippen molar-refractivity contribution in [1.82, 2.24) is 0 Å². The van der Waals surface area contributed by atoms with Gasteiger partial charge in [-0.3, -0.25) is 14.9 Å². The van der Waals surface area contributed by atoms with Crippen molar-refractivity contribution in [1.29, 1.82) is 0 Å². The summed E-state index contributed by atoms with van der Waals surface area (Å²) in [5.41, 5.74) is -0.910. The third-order valence-corrected chi connectivity index (χ3v) is 3.14. The number of carbonyl (C=O) groups is 1. The van der Waals surface area contributed by atoms with Crippen LogP contribution in [0, 0.1) is 15.5 Å². The molecule has 7 heteroatoms. The molecule has 0 saturated heterocycles. The quantitative estimate of drug-likeness (QED) is 0.450. The highest BCUT2D eigenvalue weighted by Gasteiger charge is 2.26. The topological polar surface area (TPSA) is 98.9 Å². The van der Waals surface area contributed by atoms with Gasteiger partial charge >= 0.3 is 5.97 Å². The third-order valence-electron chi connectivity index (χ3n) is 3.14. The smallest absolute Gasteiger partial charge is 0.309 e. The molecular formula is C14H19NO6. The fraction of sp³-hybridized carbons (Fsp3) is 0.500. The number of aliphatic carboxylic acids is 1. The number of methoxy groups -OCH3 is 1. The van der Waals surface area contributed by atoms with Crippen LogP contribution >= 0.6 is 0 Å². The Hall–Kier alpha value is -2.31. The van der Waals surface area contributed by atoms with Crippen LogP contribution in [0.25, 0.3) is 0 Å². The first-order valence-corrected chi connectivity index (χ1v) is 6.46. The number of hydrogen-bond acceptors (Lipinski definition) is 5. The van der Waals surface area contributed by atoms with Gasteiger partial charge in [0.25, 0.3) is 5.69 Å². The largest absolute Gasteiger partial charge is 0.493 e. The number of hydrogen-bond donors (Lipinski definition) is 1. The van der Waals surface area contributed by atoms with Crippen LogP contribution in [0.4, 0.5) is 5.69 Å². The first kappa shape index (κ1) is 16.7. The molecule has 0 spiro atoms. The first-order chi connectivity index (χ1) is 9.77. The average molecular weight is 297 g/mol. The lowest BCUT2D eigenvalue weighted by molar-refractivity contribution is -0.385. The molecule has 1 aromatic carbocycles. The Bertz CT molecular complexity index is 526. The van der Waals surface area contributed by atoms with E-state index in [0.29, 0.717) is 18.6 Å². The summed E-state index contributed by atoms with van der Waals surface area (Å²) in [5, 5.41) is 19.7. The summed E-state index contributed by atoms with van der Waals surface area (Å²) in [6.45, 7) is 3.54. The number of ether oxygens (including phenoxy) is 2. The van der Waals surface area contributed by atoms with Gasteiger partial charge in [-0.15, -0.1) is 0 Å². The maximum atomic E-state index is 11.0. The summed E-state index contributed by atoms with van der Waals surface area (Å²) in [7, 11) is 1.45. The number of nitro groups is 1. The van der Waals surface area contributed by atoms with Crippen LogP contribution in [-0.2, 0) is 4.79 Å². The van der Waals surface area contributed by atoms with E-state index in [1.54, 1.807) is 13.8 Å². The summed E-state index contributed by atoms with van der Waals surface area (Å²) in [6, 6.07) is 4.09. The lowest BCUT2D eigenvalue weighted by Gasteiger charge is -2.18. The predicted molar refractivity (Wildman–Crippen MR) is 75.8 cm³/mol. The van der Waals surface area contributed by atoms with Gasteiger partial charge in [0.15, 0.2) is 11.5 Å². The molecule has 1 N–H and O–H groups in total. The maximum absolute atomic E-state index is 11.0. The van der Waals surface area contributed by atoms with Crippen LogP contribution in [0.3, 0.4) is 0 Å². The van der Waals surface area contributed by atoms with Crippen molar-refractivity contribution < 1.29 is 24.3 Å². The molecule has 0 radical (unpaired) electrons. The lowest BCUT2D eigenvalue weighted by Crippen LogP contribution is -2.24. The molecule has 0 heterocycles. The fourth-order valence-electron chi connectivity index (χ4n) is 1.69. The first-order valence-electron chi connectivity index (χ1n) is 6.46. The molecule has 1 aromatic rings. The van der Waals surface area contributed by atoms with E-state index in [1.807, 2.05) is 0 Å². The fourth-order valence-corrected chi connectivity index (χ4v) is 1.69. The van der Waals surface area contributed by atoms with Gasteiger partial charge in [0.05, 0.1) is 30.1 Å². The van der Waals surface area contributed by atoms with Crippen LogP contribution in [0.2, 0.25) is 0 Å². The minimum absolute atomic E-state index is 0.0864. The lowest BCUT2D eigenvalue weighted by atomic mass is 9.88. The highest BCUT2D eigenvalue weighted by Crippen LogP contribution is 2.31. The molecule has 0 fully saturated rings. The summed E-state index contributed by atoms with van der Waals surface area (Å²) in [5.74, 6) is -0.187. The molecule has 0 saturated carbocycles. The van der Waals surface area contributed by atoms with Crippen molar-refractivity contribution in [2.75, 3.05) is 13.7 Å². The van der Waals surface area contributed by atoms with Crippen LogP contribution in [0.5, 0.6) is 11.5 Å². The van der Waals surface area contributed by atoms with Crippen molar-refractivity contribution >= 4 is 11.7 Å². The van der Waals surface area contributed by atoms with E-state index >= 15 is 0 Å². The van der Waals surface area contributed by atoms with Gasteiger partial charge in [-0.25, -0.2) is 0 Å². The van der Waals surface area contributed by atoms with Crippen LogP contribution < -0.4 is 9.47 Å². The van der Waals surface area contributed by atoms with Crippen LogP contribution in [0.15, 0.2) is 18.2 Å². The summed E-state index contributed by atoms with van der Waals surface area (Å²) in [6.07, 6.45) is 0.963. The number of carboxylic acids is 1. The van der Waals surface area contributed by atoms with E-state index in [9.17, 15) is 14.9 Å². The van der Waals surface area contributed by atoms with Gasteiger partial charge in [-0.1, -0.05) is 0 Å². The molecule has 0 atom stereocenters. The van der Waals surface area contributed by atoms with Gasteiger partial charge in [-0.05, 0) is 32.8 Å². The Labute approximate surface area is 122 Å². The second-order valence-corrected chi connectivity index (χ2v) is 5.23. The highest BCUT2D eigenvalue weighted by molar-refractivity contribution is 5.73. The van der Waals surface area contributed by atoms with Crippen molar-refractivity contribution in [3.05, 3.63) is 28.3 Å². The minimum atomic E-state index is -0.865. The molecular weight excluding hydrogens is 278 g/mol. The summed E-state index contributed by atoms with van der Waals surface area (Å²) >= 11 is 0. The number of non-ortho nitro benzene ring substituents is 1. The number of carboxylic acid groups (broad SMARTS) is 1. The van der Waals surface area contributed by atoms with E-state index in [1.165, 1.54) is 25.3 Å². The second kappa shape index (κ2) is 6.92. The molecule has 0 aliphatic rings. The van der Waals surface area contributed by atoms with Gasteiger partial charge in [0.1, 0.15) is 0 Å². The number of nitro benzene ring substituents is 1. The van der Waals surface area contributed by atoms with Gasteiger partial charge in [0, 0.05) is 6.07 Å².